The number of ether oxygens (including phenoxy) is 1. The molecular formula is C22H21F2O4S2+. The van der Waals surface area contributed by atoms with Crippen LogP contribution in [0.3, 0.4) is 0 Å². The van der Waals surface area contributed by atoms with Crippen LogP contribution in [0.2, 0.25) is 0 Å². The molecule has 2 unspecified atom stereocenters. The van der Waals surface area contributed by atoms with Crippen LogP contribution in [0.5, 0.6) is 5.75 Å². The molecule has 0 fully saturated rings. The lowest BCUT2D eigenvalue weighted by molar-refractivity contribution is -0.0236. The highest BCUT2D eigenvalue weighted by Gasteiger charge is 2.51. The number of rotatable bonds is 7. The van der Waals surface area contributed by atoms with E-state index in [1.807, 2.05) is 49.4 Å². The van der Waals surface area contributed by atoms with Crippen LogP contribution in [0.25, 0.3) is 0 Å². The Labute approximate surface area is 177 Å². The van der Waals surface area contributed by atoms with Gasteiger partial charge in [0, 0.05) is 0 Å². The molecule has 0 heterocycles. The van der Waals surface area contributed by atoms with Crippen LogP contribution in [0.15, 0.2) is 93.5 Å². The monoisotopic (exact) mass is 451 g/mol. The van der Waals surface area contributed by atoms with E-state index in [0.29, 0.717) is 0 Å². The predicted molar refractivity (Wildman–Crippen MR) is 113 cm³/mol. The second-order valence-electron chi connectivity index (χ2n) is 6.70. The van der Waals surface area contributed by atoms with Gasteiger partial charge in [0.25, 0.3) is 0 Å². The summed E-state index contributed by atoms with van der Waals surface area (Å²) in [6.07, 6.45) is -2.05. The zero-order valence-electron chi connectivity index (χ0n) is 16.3. The van der Waals surface area contributed by atoms with Crippen molar-refractivity contribution in [2.45, 2.75) is 39.9 Å². The summed E-state index contributed by atoms with van der Waals surface area (Å²) in [5.74, 6) is 0.0788. The Bertz CT molecular complexity index is 1080. The molecule has 4 nitrogen and oxygen atoms in total. The third kappa shape index (κ3) is 4.83. The lowest BCUT2D eigenvalue weighted by atomic mass is 10.2. The Morgan fingerprint density at radius 1 is 0.867 bits per heavy atom. The average molecular weight is 452 g/mol. The molecule has 0 amide bonds. The maximum atomic E-state index is 13.7. The molecule has 0 saturated heterocycles. The summed E-state index contributed by atoms with van der Waals surface area (Å²) in [6.45, 7) is 2.91. The zero-order chi connectivity index (χ0) is 21.9. The van der Waals surface area contributed by atoms with Crippen molar-refractivity contribution < 1.29 is 26.5 Å². The highest BCUT2D eigenvalue weighted by atomic mass is 32.2. The summed E-state index contributed by atoms with van der Waals surface area (Å²) in [5, 5.41) is -4.41. The standard InChI is InChI=1S/C22H20F2O4S2/c1-16-8-12-20(13-9-16)29(19-6-4-3-5-7-19)21-14-10-18(11-15-21)28-17(2)22(23,24)30(25,26)27/h3-15,17H,1-2H3/p+1. The van der Waals surface area contributed by atoms with E-state index in [4.69, 9.17) is 9.29 Å². The molecule has 0 spiro atoms. The number of halogens is 2. The maximum Gasteiger partial charge on any atom is 0.405 e. The quantitative estimate of drug-likeness (QED) is 0.389. The van der Waals surface area contributed by atoms with E-state index >= 15 is 0 Å². The van der Waals surface area contributed by atoms with Crippen molar-refractivity contribution >= 4 is 21.0 Å². The average Bonchev–Trinajstić information content (AvgIpc) is 2.71. The first-order valence-electron chi connectivity index (χ1n) is 9.07. The van der Waals surface area contributed by atoms with Crippen molar-refractivity contribution in [1.82, 2.24) is 0 Å². The van der Waals surface area contributed by atoms with Gasteiger partial charge in [-0.3, -0.25) is 4.55 Å². The van der Waals surface area contributed by atoms with Crippen LogP contribution in [-0.2, 0) is 21.0 Å². The zero-order valence-corrected chi connectivity index (χ0v) is 18.0. The van der Waals surface area contributed by atoms with E-state index in [1.54, 1.807) is 12.1 Å². The molecule has 0 aliphatic rings. The molecule has 0 aromatic heterocycles. The second kappa shape index (κ2) is 8.75. The van der Waals surface area contributed by atoms with Gasteiger partial charge in [0.1, 0.15) is 5.75 Å². The summed E-state index contributed by atoms with van der Waals surface area (Å²) < 4.78 is 63.1. The van der Waals surface area contributed by atoms with Gasteiger partial charge in [-0.2, -0.15) is 17.2 Å². The lowest BCUT2D eigenvalue weighted by Gasteiger charge is -2.21. The highest BCUT2D eigenvalue weighted by molar-refractivity contribution is 7.97. The first-order valence-corrected chi connectivity index (χ1v) is 11.7. The van der Waals surface area contributed by atoms with Crippen molar-refractivity contribution in [3.05, 3.63) is 84.4 Å². The van der Waals surface area contributed by atoms with E-state index in [1.165, 1.54) is 12.1 Å². The van der Waals surface area contributed by atoms with Crippen molar-refractivity contribution in [3.63, 3.8) is 0 Å². The van der Waals surface area contributed by atoms with Crippen LogP contribution >= 0.6 is 0 Å². The number of hydrogen-bond donors (Lipinski definition) is 1. The van der Waals surface area contributed by atoms with Crippen molar-refractivity contribution in [2.75, 3.05) is 0 Å². The Kier molecular flexibility index (Phi) is 6.50. The first-order chi connectivity index (χ1) is 14.1. The smallest absolute Gasteiger partial charge is 0.405 e. The predicted octanol–water partition coefficient (Wildman–Crippen LogP) is 5.34. The van der Waals surface area contributed by atoms with Crippen LogP contribution in [0, 0.1) is 6.92 Å². The van der Waals surface area contributed by atoms with Gasteiger partial charge < -0.3 is 4.74 Å². The molecule has 3 aromatic rings. The normalized spacial score (nSPS) is 14.2. The Morgan fingerprint density at radius 2 is 1.33 bits per heavy atom. The van der Waals surface area contributed by atoms with Gasteiger partial charge >= 0.3 is 15.4 Å². The second-order valence-corrected chi connectivity index (χ2v) is 10.2. The van der Waals surface area contributed by atoms with E-state index in [9.17, 15) is 17.2 Å². The minimum absolute atomic E-state index is 0.0788. The Hall–Kier alpha value is -2.42. The molecule has 30 heavy (non-hydrogen) atoms. The van der Waals surface area contributed by atoms with Crippen LogP contribution in [0.1, 0.15) is 12.5 Å². The van der Waals surface area contributed by atoms with Gasteiger partial charge in [-0.05, 0) is 62.4 Å². The molecule has 1 N–H and O–H groups in total. The largest absolute Gasteiger partial charge is 0.483 e. The van der Waals surface area contributed by atoms with E-state index in [0.717, 1.165) is 27.2 Å². The summed E-state index contributed by atoms with van der Waals surface area (Å²) >= 11 is 0. The van der Waals surface area contributed by atoms with E-state index in [-0.39, 0.29) is 5.75 Å². The Morgan fingerprint density at radius 3 is 1.83 bits per heavy atom. The third-order valence-corrected chi connectivity index (χ3v) is 7.68. The van der Waals surface area contributed by atoms with Gasteiger partial charge in [-0.1, -0.05) is 35.9 Å². The van der Waals surface area contributed by atoms with Crippen LogP contribution in [0.4, 0.5) is 8.78 Å². The fourth-order valence-corrected chi connectivity index (χ4v) is 5.31. The summed E-state index contributed by atoms with van der Waals surface area (Å²) in [4.78, 5) is 3.15. The molecule has 8 heteroatoms. The van der Waals surface area contributed by atoms with Gasteiger partial charge in [0.05, 0.1) is 10.9 Å². The molecule has 0 aliphatic heterocycles. The van der Waals surface area contributed by atoms with Gasteiger partial charge in [0.2, 0.25) is 0 Å². The van der Waals surface area contributed by atoms with E-state index < -0.39 is 32.4 Å². The molecule has 0 aliphatic carbocycles. The Balaban J connectivity index is 1.91. The van der Waals surface area contributed by atoms with Crippen molar-refractivity contribution in [3.8, 4) is 5.75 Å². The number of hydrogen-bond acceptors (Lipinski definition) is 3. The first kappa shape index (κ1) is 22.3. The van der Waals surface area contributed by atoms with Crippen LogP contribution < -0.4 is 4.74 Å². The molecule has 3 rings (SSSR count). The summed E-state index contributed by atoms with van der Waals surface area (Å²) in [6, 6.07) is 24.7. The van der Waals surface area contributed by atoms with E-state index in [2.05, 4.69) is 12.1 Å². The SMILES string of the molecule is Cc1ccc([S+](c2ccccc2)c2ccc(OC(C)C(F)(F)S(=O)(=O)O)cc2)cc1. The molecule has 158 valence electrons. The van der Waals surface area contributed by atoms with Crippen molar-refractivity contribution in [1.29, 1.82) is 0 Å². The fraction of sp³-hybridized carbons (Fsp3) is 0.182. The molecule has 2 atom stereocenters. The maximum absolute atomic E-state index is 13.7. The lowest BCUT2D eigenvalue weighted by Crippen LogP contribution is -2.42. The number of aryl methyl sites for hydroxylation is 1. The van der Waals surface area contributed by atoms with Gasteiger partial charge in [0.15, 0.2) is 20.8 Å². The highest BCUT2D eigenvalue weighted by Crippen LogP contribution is 2.33. The molecule has 3 aromatic carbocycles. The third-order valence-electron chi connectivity index (χ3n) is 4.43. The van der Waals surface area contributed by atoms with Gasteiger partial charge in [-0.25, -0.2) is 0 Å². The van der Waals surface area contributed by atoms with Crippen molar-refractivity contribution in [2.24, 2.45) is 0 Å². The van der Waals surface area contributed by atoms with Gasteiger partial charge in [-0.15, -0.1) is 0 Å². The molecule has 0 bridgehead atoms. The molecule has 0 saturated carbocycles. The molecule has 0 radical (unpaired) electrons. The number of benzene rings is 3. The fourth-order valence-electron chi connectivity index (χ4n) is 2.78. The topological polar surface area (TPSA) is 63.6 Å². The summed E-state index contributed by atoms with van der Waals surface area (Å²) in [7, 11) is -5.99. The molecular weight excluding hydrogens is 430 g/mol. The number of alkyl halides is 2. The summed E-state index contributed by atoms with van der Waals surface area (Å²) in [5.41, 5.74) is 1.15. The minimum Gasteiger partial charge on any atom is -0.483 e. The van der Waals surface area contributed by atoms with Crippen LogP contribution in [-0.4, -0.2) is 24.3 Å². The minimum atomic E-state index is -5.58.